The number of hydrogen-bond acceptors (Lipinski definition) is 0. The van der Waals surface area contributed by atoms with Crippen LogP contribution >= 0.6 is 0 Å². The number of benzene rings is 1. The Balaban J connectivity index is 2.33. The second kappa shape index (κ2) is 1.98. The zero-order chi connectivity index (χ0) is 7.97. The molecular weight excluding hydrogens is 144 g/mol. The second-order valence-corrected chi connectivity index (χ2v) is 3.09. The average Bonchev–Trinajstić information content (AvgIpc) is 2.73. The fraction of sp³-hybridized carbons (Fsp3) is 0. The molecule has 2 aliphatic rings. The van der Waals surface area contributed by atoms with Crippen molar-refractivity contribution in [3.8, 4) is 0 Å². The van der Waals surface area contributed by atoms with Gasteiger partial charge in [0, 0.05) is 0 Å². The summed E-state index contributed by atoms with van der Waals surface area (Å²) in [6.07, 6.45) is 10.6. The first kappa shape index (κ1) is 6.01. The van der Waals surface area contributed by atoms with E-state index in [0.29, 0.717) is 0 Å². The summed E-state index contributed by atoms with van der Waals surface area (Å²) in [6, 6.07) is 6.46. The topological polar surface area (TPSA) is 0 Å². The van der Waals surface area contributed by atoms with E-state index in [2.05, 4.69) is 48.6 Å². The van der Waals surface area contributed by atoms with Gasteiger partial charge in [-0.2, -0.15) is 0 Å². The Labute approximate surface area is 71.5 Å². The normalized spacial score (nSPS) is 21.5. The Bertz CT molecular complexity index is 431. The van der Waals surface area contributed by atoms with E-state index in [1.165, 1.54) is 22.3 Å². The molecule has 0 fully saturated rings. The quantitative estimate of drug-likeness (QED) is 0.544. The molecule has 0 amide bonds. The smallest absolute Gasteiger partial charge is 0.00264 e. The van der Waals surface area contributed by atoms with Crippen LogP contribution in [0.1, 0.15) is 16.7 Å². The number of fused-ring (bicyclic) bond motifs is 1. The van der Waals surface area contributed by atoms with E-state index in [9.17, 15) is 0 Å². The van der Waals surface area contributed by atoms with Crippen LogP contribution in [-0.4, -0.2) is 0 Å². The fourth-order valence-electron chi connectivity index (χ4n) is 1.72. The predicted molar refractivity (Wildman–Crippen MR) is 51.7 cm³/mol. The summed E-state index contributed by atoms with van der Waals surface area (Å²) in [6.45, 7) is 0. The molecule has 0 bridgehead atoms. The van der Waals surface area contributed by atoms with Gasteiger partial charge in [-0.1, -0.05) is 48.6 Å². The Kier molecular flexibility index (Phi) is 0.991. The lowest BCUT2D eigenvalue weighted by molar-refractivity contribution is 1.70. The molecule has 0 atom stereocenters. The van der Waals surface area contributed by atoms with Crippen molar-refractivity contribution in [1.29, 1.82) is 0 Å². The lowest BCUT2D eigenvalue weighted by Gasteiger charge is -1.89. The summed E-state index contributed by atoms with van der Waals surface area (Å²) in [5, 5.41) is 0. The fourth-order valence-corrected chi connectivity index (χ4v) is 1.72. The van der Waals surface area contributed by atoms with Crippen molar-refractivity contribution in [3.63, 3.8) is 0 Å². The van der Waals surface area contributed by atoms with Crippen molar-refractivity contribution in [2.24, 2.45) is 0 Å². The molecule has 0 aliphatic heterocycles. The average molecular weight is 152 g/mol. The van der Waals surface area contributed by atoms with E-state index in [-0.39, 0.29) is 0 Å². The molecule has 0 saturated carbocycles. The standard InChI is InChI=1S/C12H8/c1-2-5-9-6-4-8-11-10(7-3-1)12(9)11/h1-8H/b2-1?,3-1-,5-2-,7-3?,9-5?,10-7?. The summed E-state index contributed by atoms with van der Waals surface area (Å²) >= 11 is 0. The lowest BCUT2D eigenvalue weighted by Crippen LogP contribution is -1.69. The van der Waals surface area contributed by atoms with Gasteiger partial charge in [-0.25, -0.2) is 0 Å². The van der Waals surface area contributed by atoms with Crippen LogP contribution in [-0.2, 0) is 0 Å². The van der Waals surface area contributed by atoms with Crippen LogP contribution in [0.4, 0.5) is 0 Å². The molecule has 1 aromatic carbocycles. The Morgan fingerprint density at radius 1 is 0.917 bits per heavy atom. The van der Waals surface area contributed by atoms with Crippen LogP contribution < -0.4 is 0 Å². The van der Waals surface area contributed by atoms with Crippen molar-refractivity contribution >= 4 is 11.6 Å². The monoisotopic (exact) mass is 152 g/mol. The molecule has 0 aromatic heterocycles. The zero-order valence-electron chi connectivity index (χ0n) is 6.62. The van der Waals surface area contributed by atoms with Gasteiger partial charge in [0.1, 0.15) is 0 Å². The van der Waals surface area contributed by atoms with Crippen molar-refractivity contribution in [3.05, 3.63) is 59.2 Å². The molecule has 0 N–H and O–H groups in total. The van der Waals surface area contributed by atoms with Crippen molar-refractivity contribution in [2.75, 3.05) is 0 Å². The Hall–Kier alpha value is -1.56. The number of hydrogen-bond donors (Lipinski definition) is 0. The highest BCUT2D eigenvalue weighted by Crippen LogP contribution is 2.45. The Morgan fingerprint density at radius 3 is 2.92 bits per heavy atom. The van der Waals surface area contributed by atoms with Gasteiger partial charge in [0.15, 0.2) is 0 Å². The first-order valence-electron chi connectivity index (χ1n) is 4.15. The minimum Gasteiger partial charge on any atom is -0.0622 e. The van der Waals surface area contributed by atoms with Gasteiger partial charge >= 0.3 is 0 Å². The molecular formula is C12H8. The van der Waals surface area contributed by atoms with Gasteiger partial charge in [-0.3, -0.25) is 0 Å². The van der Waals surface area contributed by atoms with Gasteiger partial charge in [0.25, 0.3) is 0 Å². The molecule has 0 heterocycles. The first-order valence-corrected chi connectivity index (χ1v) is 4.15. The minimum absolute atomic E-state index is 1.35. The third kappa shape index (κ3) is 0.668. The van der Waals surface area contributed by atoms with Crippen molar-refractivity contribution in [2.45, 2.75) is 0 Å². The van der Waals surface area contributed by atoms with Crippen LogP contribution in [0.5, 0.6) is 0 Å². The molecule has 1 aromatic rings. The maximum Gasteiger partial charge on any atom is -0.00264 e. The van der Waals surface area contributed by atoms with Crippen molar-refractivity contribution < 1.29 is 0 Å². The SMILES string of the molecule is C1=C2c3cccc(c32)/C=C\C=C/1. The largest absolute Gasteiger partial charge is 0.0622 e. The highest BCUT2D eigenvalue weighted by atomic mass is 14.3. The summed E-state index contributed by atoms with van der Waals surface area (Å²) in [5.74, 6) is 0. The van der Waals surface area contributed by atoms with Crippen LogP contribution in [0, 0.1) is 0 Å². The van der Waals surface area contributed by atoms with Gasteiger partial charge < -0.3 is 0 Å². The van der Waals surface area contributed by atoms with Gasteiger partial charge in [-0.15, -0.1) is 0 Å². The summed E-state index contributed by atoms with van der Waals surface area (Å²) in [7, 11) is 0. The molecule has 56 valence electrons. The van der Waals surface area contributed by atoms with Gasteiger partial charge in [0.2, 0.25) is 0 Å². The molecule has 0 heteroatoms. The van der Waals surface area contributed by atoms with Crippen LogP contribution in [0.15, 0.2) is 42.5 Å². The maximum absolute atomic E-state index is 2.18. The summed E-state index contributed by atoms with van der Waals surface area (Å²) in [5.41, 5.74) is 5.63. The first-order chi connectivity index (χ1) is 5.97. The van der Waals surface area contributed by atoms with E-state index < -0.39 is 0 Å². The molecule has 0 nitrogen and oxygen atoms in total. The molecule has 0 spiro atoms. The molecule has 3 rings (SSSR count). The highest BCUT2D eigenvalue weighted by molar-refractivity contribution is 6.04. The predicted octanol–water partition coefficient (Wildman–Crippen LogP) is 3.01. The van der Waals surface area contributed by atoms with Crippen molar-refractivity contribution in [1.82, 2.24) is 0 Å². The zero-order valence-corrected chi connectivity index (χ0v) is 6.62. The molecule has 2 aliphatic carbocycles. The van der Waals surface area contributed by atoms with Gasteiger partial charge in [0.05, 0.1) is 0 Å². The summed E-state index contributed by atoms with van der Waals surface area (Å²) in [4.78, 5) is 0. The molecule has 0 radical (unpaired) electrons. The van der Waals surface area contributed by atoms with Crippen LogP contribution in [0.25, 0.3) is 11.6 Å². The second-order valence-electron chi connectivity index (χ2n) is 3.09. The van der Waals surface area contributed by atoms with E-state index >= 15 is 0 Å². The van der Waals surface area contributed by atoms with E-state index in [0.717, 1.165) is 0 Å². The highest BCUT2D eigenvalue weighted by Gasteiger charge is 2.26. The Morgan fingerprint density at radius 2 is 1.92 bits per heavy atom. The molecule has 12 heavy (non-hydrogen) atoms. The maximum atomic E-state index is 2.18. The van der Waals surface area contributed by atoms with Gasteiger partial charge in [-0.05, 0) is 22.3 Å². The molecule has 0 unspecified atom stereocenters. The molecule has 0 saturated heterocycles. The lowest BCUT2D eigenvalue weighted by atomic mass is 10.2. The third-order valence-electron chi connectivity index (χ3n) is 2.35. The third-order valence-corrected chi connectivity index (χ3v) is 2.35. The number of rotatable bonds is 0. The van der Waals surface area contributed by atoms with E-state index in [1.54, 1.807) is 0 Å². The minimum atomic E-state index is 1.35. The summed E-state index contributed by atoms with van der Waals surface area (Å²) < 4.78 is 0. The van der Waals surface area contributed by atoms with Crippen LogP contribution in [0.3, 0.4) is 0 Å². The van der Waals surface area contributed by atoms with E-state index in [1.807, 2.05) is 0 Å². The van der Waals surface area contributed by atoms with Crippen LogP contribution in [0.2, 0.25) is 0 Å². The number of allylic oxidation sites excluding steroid dienone is 4. The van der Waals surface area contributed by atoms with E-state index in [4.69, 9.17) is 0 Å².